The molecule has 1 N–H and O–H groups in total. The van der Waals surface area contributed by atoms with Gasteiger partial charge in [0.05, 0.1) is 12.6 Å². The number of aromatic nitrogens is 2. The van der Waals surface area contributed by atoms with E-state index in [1.54, 1.807) is 0 Å². The summed E-state index contributed by atoms with van der Waals surface area (Å²) in [5.41, 5.74) is -0.790. The van der Waals surface area contributed by atoms with E-state index in [4.69, 9.17) is 16.3 Å². The van der Waals surface area contributed by atoms with E-state index < -0.39 is 51.9 Å². The van der Waals surface area contributed by atoms with E-state index in [-0.39, 0.29) is 20.8 Å². The Hall–Kier alpha value is -2.99. The number of ether oxygens (including phenoxy) is 2. The van der Waals surface area contributed by atoms with Crippen molar-refractivity contribution in [1.29, 1.82) is 0 Å². The van der Waals surface area contributed by atoms with Crippen LogP contribution >= 0.6 is 11.6 Å². The third kappa shape index (κ3) is 4.69. The number of nitrogens with one attached hydrogen (secondary N) is 1. The highest BCUT2D eigenvalue weighted by Crippen LogP contribution is 2.32. The number of aryl methyl sites for hydroxylation is 1. The van der Waals surface area contributed by atoms with E-state index in [0.29, 0.717) is 6.07 Å². The summed E-state index contributed by atoms with van der Waals surface area (Å²) >= 11 is 5.95. The normalized spacial score (nSPS) is 11.7. The number of anilines is 1. The highest BCUT2D eigenvalue weighted by atomic mass is 35.5. The van der Waals surface area contributed by atoms with Gasteiger partial charge in [-0.3, -0.25) is 9.52 Å². The summed E-state index contributed by atoms with van der Waals surface area (Å²) in [6.07, 6.45) is -2.87. The maximum atomic E-state index is 14.2. The van der Waals surface area contributed by atoms with Gasteiger partial charge in [0.2, 0.25) is 5.88 Å². The Balaban J connectivity index is 2.08. The van der Waals surface area contributed by atoms with Gasteiger partial charge < -0.3 is 14.0 Å². The monoisotopic (exact) mass is 477 g/mol. The molecule has 0 amide bonds. The van der Waals surface area contributed by atoms with Gasteiger partial charge in [0.1, 0.15) is 10.6 Å². The third-order valence-electron chi connectivity index (χ3n) is 4.15. The lowest BCUT2D eigenvalue weighted by Crippen LogP contribution is -2.22. The van der Waals surface area contributed by atoms with E-state index in [9.17, 15) is 26.4 Å². The van der Waals surface area contributed by atoms with E-state index in [1.807, 2.05) is 0 Å². The summed E-state index contributed by atoms with van der Waals surface area (Å²) in [5, 5.41) is 0.473. The number of pyridine rings is 2. The van der Waals surface area contributed by atoms with Crippen LogP contribution in [0.5, 0.6) is 11.8 Å². The number of halogens is 4. The Bertz CT molecular complexity index is 1320. The number of alkyl halides is 2. The van der Waals surface area contributed by atoms with Crippen molar-refractivity contribution in [3.63, 3.8) is 0 Å². The predicted molar refractivity (Wildman–Crippen MR) is 107 cm³/mol. The number of hydrogen-bond donors (Lipinski definition) is 1. The molecule has 0 bridgehead atoms. The van der Waals surface area contributed by atoms with Gasteiger partial charge in [-0.1, -0.05) is 17.7 Å². The summed E-state index contributed by atoms with van der Waals surface area (Å²) in [6.45, 7) is -1.11. The molecule has 0 aliphatic carbocycles. The van der Waals surface area contributed by atoms with Gasteiger partial charge in [0.15, 0.2) is 12.4 Å². The Morgan fingerprint density at radius 3 is 2.58 bits per heavy atom. The number of hydrogen-bond acceptors (Lipinski definition) is 6. The number of sulfonamides is 1. The van der Waals surface area contributed by atoms with Crippen LogP contribution in [0.2, 0.25) is 5.02 Å². The maximum absolute atomic E-state index is 14.2. The Labute approximate surface area is 179 Å². The largest absolute Gasteiger partial charge is 0.479 e. The number of fused-ring (bicyclic) bond motifs is 1. The van der Waals surface area contributed by atoms with Crippen molar-refractivity contribution in [2.75, 3.05) is 18.4 Å². The van der Waals surface area contributed by atoms with Gasteiger partial charge in [-0.25, -0.2) is 21.6 Å². The molecule has 0 aliphatic rings. The van der Waals surface area contributed by atoms with Crippen LogP contribution in [0.15, 0.2) is 40.0 Å². The number of methoxy groups -OCH3 is 1. The maximum Gasteiger partial charge on any atom is 0.272 e. The molecule has 0 spiro atoms. The quantitative estimate of drug-likeness (QED) is 0.561. The summed E-state index contributed by atoms with van der Waals surface area (Å²) in [4.78, 5) is 15.5. The molecular formula is C18H15ClF3N3O5S. The van der Waals surface area contributed by atoms with Crippen LogP contribution < -0.4 is 19.8 Å². The zero-order valence-corrected chi connectivity index (χ0v) is 17.6. The Morgan fingerprint density at radius 2 is 1.94 bits per heavy atom. The van der Waals surface area contributed by atoms with Crippen LogP contribution in [0.25, 0.3) is 10.9 Å². The Kier molecular flexibility index (Phi) is 6.32. The first kappa shape index (κ1) is 22.7. The highest BCUT2D eigenvalue weighted by Gasteiger charge is 2.24. The summed E-state index contributed by atoms with van der Waals surface area (Å²) in [7, 11) is -1.87. The molecule has 2 aromatic heterocycles. The fraction of sp³-hybridized carbons (Fsp3) is 0.222. The lowest BCUT2D eigenvalue weighted by Gasteiger charge is -2.15. The lowest BCUT2D eigenvalue weighted by atomic mass is 10.2. The second-order valence-corrected chi connectivity index (χ2v) is 8.29. The minimum Gasteiger partial charge on any atom is -0.479 e. The standard InChI is InChI=1S/C18H15ClF3N3O5S/c1-25-13-5-9(19)3-4-10(13)14(7-16(25)26)31(27,28)24-12-6-11(20)17(23-18(12)29-2)30-8-15(21)22/h3-7,15,24H,8H2,1-2H3. The minimum absolute atomic E-state index is 0.184. The molecule has 166 valence electrons. The third-order valence-corrected chi connectivity index (χ3v) is 5.79. The molecule has 0 saturated carbocycles. The van der Waals surface area contributed by atoms with Crippen molar-refractivity contribution in [2.24, 2.45) is 7.05 Å². The number of nitrogens with zero attached hydrogens (tertiary/aromatic N) is 2. The average molecular weight is 478 g/mol. The van der Waals surface area contributed by atoms with E-state index >= 15 is 0 Å². The molecule has 0 saturated heterocycles. The van der Waals surface area contributed by atoms with Crippen LogP contribution in [-0.2, 0) is 17.1 Å². The zero-order chi connectivity index (χ0) is 22.9. The molecule has 3 rings (SSSR count). The van der Waals surface area contributed by atoms with Crippen LogP contribution in [-0.4, -0.2) is 38.1 Å². The fourth-order valence-electron chi connectivity index (χ4n) is 2.75. The first-order valence-corrected chi connectivity index (χ1v) is 10.4. The van der Waals surface area contributed by atoms with Crippen molar-refractivity contribution >= 4 is 38.2 Å². The molecule has 8 nitrogen and oxygen atoms in total. The number of rotatable bonds is 7. The molecular weight excluding hydrogens is 463 g/mol. The molecule has 3 aromatic rings. The van der Waals surface area contributed by atoms with Crippen LogP contribution in [0.1, 0.15) is 0 Å². The minimum atomic E-state index is -4.43. The zero-order valence-electron chi connectivity index (χ0n) is 16.0. The van der Waals surface area contributed by atoms with Crippen LogP contribution in [0.4, 0.5) is 18.9 Å². The fourth-order valence-corrected chi connectivity index (χ4v) is 4.18. The van der Waals surface area contributed by atoms with Crippen molar-refractivity contribution in [1.82, 2.24) is 9.55 Å². The summed E-state index contributed by atoms with van der Waals surface area (Å²) in [5.74, 6) is -2.40. The molecule has 0 atom stereocenters. The molecule has 0 fully saturated rings. The van der Waals surface area contributed by atoms with E-state index in [0.717, 1.165) is 13.2 Å². The van der Waals surface area contributed by atoms with E-state index in [1.165, 1.54) is 29.8 Å². The van der Waals surface area contributed by atoms with Crippen LogP contribution in [0, 0.1) is 5.82 Å². The average Bonchev–Trinajstić information content (AvgIpc) is 2.69. The smallest absolute Gasteiger partial charge is 0.272 e. The molecule has 13 heteroatoms. The molecule has 1 aromatic carbocycles. The van der Waals surface area contributed by atoms with Crippen molar-refractivity contribution in [2.45, 2.75) is 11.3 Å². The first-order valence-electron chi connectivity index (χ1n) is 8.51. The van der Waals surface area contributed by atoms with Gasteiger partial charge >= 0.3 is 0 Å². The first-order chi connectivity index (χ1) is 14.5. The highest BCUT2D eigenvalue weighted by molar-refractivity contribution is 7.93. The summed E-state index contributed by atoms with van der Waals surface area (Å²) in [6, 6.07) is 5.86. The molecule has 31 heavy (non-hydrogen) atoms. The lowest BCUT2D eigenvalue weighted by molar-refractivity contribution is 0.0770. The van der Waals surface area contributed by atoms with Gasteiger partial charge in [-0.2, -0.15) is 4.98 Å². The van der Waals surface area contributed by atoms with E-state index in [2.05, 4.69) is 14.4 Å². The topological polar surface area (TPSA) is 99.5 Å². The predicted octanol–water partition coefficient (Wildman–Crippen LogP) is 3.18. The SMILES string of the molecule is COc1nc(OCC(F)F)c(F)cc1NS(=O)(=O)c1cc(=O)n(C)c2cc(Cl)ccc12. The second kappa shape index (κ2) is 8.63. The summed E-state index contributed by atoms with van der Waals surface area (Å²) < 4.78 is 77.7. The van der Waals surface area contributed by atoms with Gasteiger partial charge in [-0.05, 0) is 12.1 Å². The van der Waals surface area contributed by atoms with Crippen molar-refractivity contribution in [3.05, 3.63) is 51.5 Å². The number of benzene rings is 1. The van der Waals surface area contributed by atoms with Crippen LogP contribution in [0.3, 0.4) is 0 Å². The molecule has 0 aliphatic heterocycles. The molecule has 0 radical (unpaired) electrons. The van der Waals surface area contributed by atoms with Crippen molar-refractivity contribution < 1.29 is 31.1 Å². The van der Waals surface area contributed by atoms with Gasteiger partial charge in [0, 0.05) is 29.6 Å². The second-order valence-electron chi connectivity index (χ2n) is 6.21. The Morgan fingerprint density at radius 1 is 1.23 bits per heavy atom. The van der Waals surface area contributed by atoms with Gasteiger partial charge in [-0.15, -0.1) is 0 Å². The van der Waals surface area contributed by atoms with Gasteiger partial charge in [0.25, 0.3) is 27.9 Å². The molecule has 0 unspecified atom stereocenters. The van der Waals surface area contributed by atoms with Crippen molar-refractivity contribution in [3.8, 4) is 11.8 Å². The molecule has 2 heterocycles.